The van der Waals surface area contributed by atoms with Gasteiger partial charge in [-0.25, -0.2) is 4.68 Å². The molecule has 0 N–H and O–H groups in total. The first-order valence-electron chi connectivity index (χ1n) is 12.2. The molecule has 0 unspecified atom stereocenters. The van der Waals surface area contributed by atoms with Crippen molar-refractivity contribution in [3.05, 3.63) is 87.6 Å². The molecule has 8 heteroatoms. The number of nitrogens with zero attached hydrogens (tertiary/aromatic N) is 4. The third kappa shape index (κ3) is 5.04. The summed E-state index contributed by atoms with van der Waals surface area (Å²) in [6, 6.07) is 15.7. The molecule has 1 aliphatic heterocycles. The molecule has 2 aromatic carbocycles. The fourth-order valence-corrected chi connectivity index (χ4v) is 4.72. The molecule has 1 aliphatic rings. The number of amides is 2. The fourth-order valence-electron chi connectivity index (χ4n) is 4.72. The van der Waals surface area contributed by atoms with Gasteiger partial charge in [-0.3, -0.25) is 19.3 Å². The zero-order valence-electron chi connectivity index (χ0n) is 22.0. The molecule has 8 nitrogen and oxygen atoms in total. The number of aryl methyl sites for hydroxylation is 3. The van der Waals surface area contributed by atoms with Crippen molar-refractivity contribution >= 4 is 23.9 Å². The van der Waals surface area contributed by atoms with Gasteiger partial charge in [-0.2, -0.15) is 10.4 Å². The van der Waals surface area contributed by atoms with Gasteiger partial charge in [-0.15, -0.1) is 0 Å². The second-order valence-corrected chi connectivity index (χ2v) is 9.26. The van der Waals surface area contributed by atoms with Crippen LogP contribution in [0, 0.1) is 32.1 Å². The standard InChI is InChI=1S/C30H28N4O4/c1-18-13-19(2)27(20(3)14-18)28-23(17-34(32-28)24-9-7-6-8-10-24)15-25-21(4)26(16-31)30(37)33(29(25)36)11-12-38-22(5)35/h6-10,13-15,17H,11-12H2,1-5H3/b25-15+. The summed E-state index contributed by atoms with van der Waals surface area (Å²) in [7, 11) is 0. The molecule has 38 heavy (non-hydrogen) atoms. The zero-order valence-corrected chi connectivity index (χ0v) is 22.0. The Labute approximate surface area is 221 Å². The number of carbonyl (C=O) groups excluding carboxylic acids is 3. The molecule has 3 aromatic rings. The average Bonchev–Trinajstić information content (AvgIpc) is 3.27. The highest BCUT2D eigenvalue weighted by Gasteiger charge is 2.35. The Kier molecular flexibility index (Phi) is 7.40. The first kappa shape index (κ1) is 26.3. The normalized spacial score (nSPS) is 14.7. The Hall–Kier alpha value is -4.77. The number of carbonyl (C=O) groups is 3. The lowest BCUT2D eigenvalue weighted by Gasteiger charge is -2.27. The van der Waals surface area contributed by atoms with Crippen molar-refractivity contribution in [2.45, 2.75) is 34.6 Å². The number of hydrogen-bond donors (Lipinski definition) is 0. The Bertz CT molecular complexity index is 1530. The van der Waals surface area contributed by atoms with Crippen LogP contribution in [0.25, 0.3) is 23.0 Å². The van der Waals surface area contributed by atoms with Crippen LogP contribution in [-0.4, -0.2) is 45.6 Å². The van der Waals surface area contributed by atoms with Gasteiger partial charge in [-0.1, -0.05) is 35.9 Å². The third-order valence-electron chi connectivity index (χ3n) is 6.42. The number of imide groups is 1. The van der Waals surface area contributed by atoms with E-state index in [2.05, 4.69) is 12.1 Å². The minimum atomic E-state index is -0.704. The quantitative estimate of drug-likeness (QED) is 0.273. The summed E-state index contributed by atoms with van der Waals surface area (Å²) < 4.78 is 6.69. The summed E-state index contributed by atoms with van der Waals surface area (Å²) in [5.74, 6) is -1.79. The van der Waals surface area contributed by atoms with E-state index in [0.29, 0.717) is 16.8 Å². The number of rotatable bonds is 6. The molecule has 0 radical (unpaired) electrons. The SMILES string of the molecule is CC(=O)OCCN1C(=O)C(C#N)=C(C)/C(=C\c2cn(-c3ccccc3)nc2-c2c(C)cc(C)cc2C)C1=O. The Morgan fingerprint density at radius 1 is 1.05 bits per heavy atom. The molecule has 0 aliphatic carbocycles. The first-order chi connectivity index (χ1) is 18.1. The molecule has 2 heterocycles. The fraction of sp³-hybridized carbons (Fsp3) is 0.233. The van der Waals surface area contributed by atoms with E-state index >= 15 is 0 Å². The van der Waals surface area contributed by atoms with Crippen molar-refractivity contribution < 1.29 is 19.1 Å². The van der Waals surface area contributed by atoms with Gasteiger partial charge in [0.25, 0.3) is 11.8 Å². The van der Waals surface area contributed by atoms with Gasteiger partial charge in [0.1, 0.15) is 23.9 Å². The smallest absolute Gasteiger partial charge is 0.302 e. The monoisotopic (exact) mass is 508 g/mol. The second-order valence-electron chi connectivity index (χ2n) is 9.26. The van der Waals surface area contributed by atoms with E-state index in [4.69, 9.17) is 9.84 Å². The largest absolute Gasteiger partial charge is 0.464 e. The van der Waals surface area contributed by atoms with Gasteiger partial charge >= 0.3 is 5.97 Å². The van der Waals surface area contributed by atoms with Gasteiger partial charge in [0.05, 0.1) is 12.2 Å². The minimum Gasteiger partial charge on any atom is -0.464 e. The van der Waals surface area contributed by atoms with E-state index in [-0.39, 0.29) is 24.3 Å². The van der Waals surface area contributed by atoms with Gasteiger partial charge < -0.3 is 4.74 Å². The molecule has 2 amide bonds. The van der Waals surface area contributed by atoms with E-state index in [1.807, 2.05) is 63.4 Å². The summed E-state index contributed by atoms with van der Waals surface area (Å²) in [5.41, 5.74) is 6.73. The van der Waals surface area contributed by atoms with Crippen molar-refractivity contribution in [3.8, 4) is 23.0 Å². The van der Waals surface area contributed by atoms with Crippen LogP contribution in [0.5, 0.6) is 0 Å². The molecular formula is C30H28N4O4. The maximum Gasteiger partial charge on any atom is 0.302 e. The average molecular weight is 509 g/mol. The highest BCUT2D eigenvalue weighted by molar-refractivity contribution is 6.19. The number of ether oxygens (including phenoxy) is 1. The van der Waals surface area contributed by atoms with E-state index in [1.54, 1.807) is 17.7 Å². The van der Waals surface area contributed by atoms with Crippen LogP contribution in [0.3, 0.4) is 0 Å². The number of aromatic nitrogens is 2. The number of benzene rings is 2. The zero-order chi connectivity index (χ0) is 27.6. The first-order valence-corrected chi connectivity index (χ1v) is 12.2. The summed E-state index contributed by atoms with van der Waals surface area (Å²) in [6.07, 6.45) is 3.52. The van der Waals surface area contributed by atoms with Crippen molar-refractivity contribution in [1.29, 1.82) is 5.26 Å². The van der Waals surface area contributed by atoms with E-state index in [9.17, 15) is 19.6 Å². The lowest BCUT2D eigenvalue weighted by Crippen LogP contribution is -2.44. The summed E-state index contributed by atoms with van der Waals surface area (Å²) in [4.78, 5) is 38.6. The number of esters is 1. The van der Waals surface area contributed by atoms with Gasteiger partial charge in [-0.05, 0) is 62.6 Å². The summed E-state index contributed by atoms with van der Waals surface area (Å²) >= 11 is 0. The van der Waals surface area contributed by atoms with E-state index in [0.717, 1.165) is 32.8 Å². The van der Waals surface area contributed by atoms with Crippen molar-refractivity contribution in [2.24, 2.45) is 0 Å². The van der Waals surface area contributed by atoms with E-state index in [1.165, 1.54) is 6.92 Å². The van der Waals surface area contributed by atoms with Crippen LogP contribution < -0.4 is 0 Å². The summed E-state index contributed by atoms with van der Waals surface area (Å²) in [6.45, 7) is 8.61. The number of nitriles is 1. The Balaban J connectivity index is 1.91. The van der Waals surface area contributed by atoms with Crippen LogP contribution >= 0.6 is 0 Å². The van der Waals surface area contributed by atoms with Crippen molar-refractivity contribution in [3.63, 3.8) is 0 Å². The highest BCUT2D eigenvalue weighted by Crippen LogP contribution is 2.34. The van der Waals surface area contributed by atoms with Crippen LogP contribution in [0.15, 0.2) is 65.4 Å². The molecule has 0 saturated carbocycles. The maximum atomic E-state index is 13.5. The number of para-hydroxylation sites is 1. The van der Waals surface area contributed by atoms with Crippen LogP contribution in [0.4, 0.5) is 0 Å². The molecule has 0 spiro atoms. The topological polar surface area (TPSA) is 105 Å². The van der Waals surface area contributed by atoms with Gasteiger partial charge in [0, 0.05) is 29.8 Å². The lowest BCUT2D eigenvalue weighted by atomic mass is 9.91. The van der Waals surface area contributed by atoms with Gasteiger partial charge in [0.15, 0.2) is 0 Å². The molecule has 0 atom stereocenters. The molecule has 0 bridgehead atoms. The Morgan fingerprint density at radius 2 is 1.71 bits per heavy atom. The molecule has 1 aromatic heterocycles. The van der Waals surface area contributed by atoms with Crippen LogP contribution in [0.2, 0.25) is 0 Å². The molecule has 0 fully saturated rings. The molecular weight excluding hydrogens is 480 g/mol. The second kappa shape index (κ2) is 10.7. The maximum absolute atomic E-state index is 13.5. The minimum absolute atomic E-state index is 0.127. The molecule has 0 saturated heterocycles. The third-order valence-corrected chi connectivity index (χ3v) is 6.42. The van der Waals surface area contributed by atoms with E-state index < -0.39 is 17.8 Å². The van der Waals surface area contributed by atoms with Crippen molar-refractivity contribution in [1.82, 2.24) is 14.7 Å². The van der Waals surface area contributed by atoms with Crippen LogP contribution in [0.1, 0.15) is 36.1 Å². The lowest BCUT2D eigenvalue weighted by molar-refractivity contribution is -0.147. The number of hydrogen-bond acceptors (Lipinski definition) is 6. The summed E-state index contributed by atoms with van der Waals surface area (Å²) in [5, 5.41) is 14.6. The van der Waals surface area contributed by atoms with Crippen molar-refractivity contribution in [2.75, 3.05) is 13.2 Å². The molecule has 192 valence electrons. The van der Waals surface area contributed by atoms with Crippen LogP contribution in [-0.2, 0) is 19.1 Å². The molecule has 4 rings (SSSR count). The predicted octanol–water partition coefficient (Wildman–Crippen LogP) is 4.62. The Morgan fingerprint density at radius 3 is 2.32 bits per heavy atom. The predicted molar refractivity (Wildman–Crippen MR) is 143 cm³/mol. The highest BCUT2D eigenvalue weighted by atomic mass is 16.5. The van der Waals surface area contributed by atoms with Gasteiger partial charge in [0.2, 0.25) is 0 Å².